The Bertz CT molecular complexity index is 335. The Labute approximate surface area is 122 Å². The van der Waals surface area contributed by atoms with Crippen molar-refractivity contribution >= 4 is 5.91 Å². The van der Waals surface area contributed by atoms with E-state index < -0.39 is 0 Å². The van der Waals surface area contributed by atoms with Gasteiger partial charge >= 0.3 is 0 Å². The van der Waals surface area contributed by atoms with Gasteiger partial charge < -0.3 is 14.9 Å². The third kappa shape index (κ3) is 3.17. The van der Waals surface area contributed by atoms with Crippen LogP contribution in [-0.2, 0) is 4.79 Å². The number of carbonyl (C=O) groups is 1. The number of aliphatic hydroxyl groups excluding tert-OH is 1. The summed E-state index contributed by atoms with van der Waals surface area (Å²) in [7, 11) is 0. The highest BCUT2D eigenvalue weighted by atomic mass is 16.3. The molecular formula is C16H28N2O2. The molecule has 0 aromatic rings. The van der Waals surface area contributed by atoms with Gasteiger partial charge in [-0.3, -0.25) is 4.79 Å². The van der Waals surface area contributed by atoms with E-state index >= 15 is 0 Å². The normalized spacial score (nSPS) is 30.9. The molecule has 0 radical (unpaired) electrons. The first kappa shape index (κ1) is 14.3. The third-order valence-electron chi connectivity index (χ3n) is 5.48. The molecule has 114 valence electrons. The fourth-order valence-electron chi connectivity index (χ4n) is 3.83. The second kappa shape index (κ2) is 6.44. The number of piperidine rings is 1. The summed E-state index contributed by atoms with van der Waals surface area (Å²) in [5, 5.41) is 9.74. The molecule has 0 spiro atoms. The molecule has 1 atom stereocenters. The minimum Gasteiger partial charge on any atom is -0.393 e. The van der Waals surface area contributed by atoms with Gasteiger partial charge in [-0.05, 0) is 51.5 Å². The largest absolute Gasteiger partial charge is 0.393 e. The van der Waals surface area contributed by atoms with E-state index in [0.29, 0.717) is 17.9 Å². The Morgan fingerprint density at radius 2 is 1.60 bits per heavy atom. The number of hydrogen-bond donors (Lipinski definition) is 1. The SMILES string of the molecule is O=C(C1CCC1)N1CCC(N2CCC[C@H](O)CC2)CC1. The molecule has 3 fully saturated rings. The van der Waals surface area contributed by atoms with E-state index in [1.165, 1.54) is 6.42 Å². The van der Waals surface area contributed by atoms with E-state index in [0.717, 1.165) is 71.1 Å². The maximum atomic E-state index is 12.2. The molecular weight excluding hydrogens is 252 g/mol. The lowest BCUT2D eigenvalue weighted by molar-refractivity contribution is -0.139. The molecule has 0 aromatic carbocycles. The van der Waals surface area contributed by atoms with E-state index in [1.807, 2.05) is 0 Å². The summed E-state index contributed by atoms with van der Waals surface area (Å²) in [6, 6.07) is 0.630. The van der Waals surface area contributed by atoms with E-state index in [1.54, 1.807) is 0 Å². The molecule has 0 bridgehead atoms. The highest BCUT2D eigenvalue weighted by Gasteiger charge is 2.33. The molecule has 2 saturated heterocycles. The van der Waals surface area contributed by atoms with Gasteiger partial charge in [0.05, 0.1) is 6.10 Å². The van der Waals surface area contributed by atoms with Crippen LogP contribution in [0.25, 0.3) is 0 Å². The molecule has 4 heteroatoms. The number of amides is 1. The number of carbonyl (C=O) groups excluding carboxylic acids is 1. The minimum atomic E-state index is -0.0970. The lowest BCUT2D eigenvalue weighted by Gasteiger charge is -2.40. The zero-order chi connectivity index (χ0) is 13.9. The minimum absolute atomic E-state index is 0.0970. The highest BCUT2D eigenvalue weighted by Crippen LogP contribution is 2.30. The molecule has 0 unspecified atom stereocenters. The summed E-state index contributed by atoms with van der Waals surface area (Å²) < 4.78 is 0. The maximum absolute atomic E-state index is 12.2. The average Bonchev–Trinajstić information content (AvgIpc) is 2.62. The molecule has 1 amide bonds. The van der Waals surface area contributed by atoms with Crippen molar-refractivity contribution in [1.29, 1.82) is 0 Å². The smallest absolute Gasteiger partial charge is 0.225 e. The van der Waals surface area contributed by atoms with E-state index in [4.69, 9.17) is 0 Å². The monoisotopic (exact) mass is 280 g/mol. The maximum Gasteiger partial charge on any atom is 0.225 e. The van der Waals surface area contributed by atoms with Crippen molar-refractivity contribution in [2.75, 3.05) is 26.2 Å². The number of likely N-dealkylation sites (tertiary alicyclic amines) is 2. The molecule has 3 aliphatic rings. The van der Waals surface area contributed by atoms with Crippen LogP contribution < -0.4 is 0 Å². The summed E-state index contributed by atoms with van der Waals surface area (Å²) in [4.78, 5) is 16.9. The Morgan fingerprint density at radius 1 is 0.850 bits per heavy atom. The van der Waals surface area contributed by atoms with Crippen LogP contribution in [0.1, 0.15) is 51.4 Å². The molecule has 20 heavy (non-hydrogen) atoms. The van der Waals surface area contributed by atoms with Gasteiger partial charge in [0.25, 0.3) is 0 Å². The van der Waals surface area contributed by atoms with Crippen LogP contribution in [0.2, 0.25) is 0 Å². The molecule has 3 rings (SSSR count). The summed E-state index contributed by atoms with van der Waals surface area (Å²) in [6.07, 6.45) is 8.59. The Balaban J connectivity index is 1.46. The zero-order valence-electron chi connectivity index (χ0n) is 12.5. The Morgan fingerprint density at radius 3 is 2.25 bits per heavy atom. The van der Waals surface area contributed by atoms with Crippen molar-refractivity contribution in [3.63, 3.8) is 0 Å². The molecule has 2 heterocycles. The zero-order valence-corrected chi connectivity index (χ0v) is 12.5. The number of nitrogens with zero attached hydrogens (tertiary/aromatic N) is 2. The highest BCUT2D eigenvalue weighted by molar-refractivity contribution is 5.79. The number of hydrogen-bond acceptors (Lipinski definition) is 3. The second-order valence-electron chi connectivity index (χ2n) is 6.80. The first-order valence-electron chi connectivity index (χ1n) is 8.45. The molecule has 4 nitrogen and oxygen atoms in total. The lowest BCUT2D eigenvalue weighted by Crippen LogP contribution is -2.49. The topological polar surface area (TPSA) is 43.8 Å². The molecule has 0 aromatic heterocycles. The standard InChI is InChI=1S/C16H28N2O2/c19-15-5-2-9-17(12-8-15)14-6-10-18(11-7-14)16(20)13-3-1-4-13/h13-15,19H,1-12H2/t15-/m0/s1. The van der Waals surface area contributed by atoms with E-state index in [-0.39, 0.29) is 6.10 Å². The Hall–Kier alpha value is -0.610. The third-order valence-corrected chi connectivity index (χ3v) is 5.48. The molecule has 2 aliphatic heterocycles. The van der Waals surface area contributed by atoms with Gasteiger partial charge in [-0.15, -0.1) is 0 Å². The number of aliphatic hydroxyl groups is 1. The van der Waals surface area contributed by atoms with Gasteiger partial charge in [0.1, 0.15) is 0 Å². The predicted octanol–water partition coefficient (Wildman–Crippen LogP) is 1.62. The predicted molar refractivity (Wildman–Crippen MR) is 78.4 cm³/mol. The van der Waals surface area contributed by atoms with Gasteiger partial charge in [-0.2, -0.15) is 0 Å². The van der Waals surface area contributed by atoms with Crippen LogP contribution in [-0.4, -0.2) is 59.1 Å². The van der Waals surface area contributed by atoms with Crippen molar-refractivity contribution < 1.29 is 9.90 Å². The fraction of sp³-hybridized carbons (Fsp3) is 0.938. The van der Waals surface area contributed by atoms with Crippen LogP contribution in [0.4, 0.5) is 0 Å². The van der Waals surface area contributed by atoms with E-state index in [2.05, 4.69) is 9.80 Å². The van der Waals surface area contributed by atoms with E-state index in [9.17, 15) is 9.90 Å². The number of rotatable bonds is 2. The van der Waals surface area contributed by atoms with Gasteiger partial charge in [0, 0.05) is 31.6 Å². The van der Waals surface area contributed by atoms with Gasteiger partial charge in [-0.25, -0.2) is 0 Å². The van der Waals surface area contributed by atoms with Crippen LogP contribution in [0.5, 0.6) is 0 Å². The van der Waals surface area contributed by atoms with Crippen LogP contribution in [0.3, 0.4) is 0 Å². The van der Waals surface area contributed by atoms with Gasteiger partial charge in [-0.1, -0.05) is 6.42 Å². The van der Waals surface area contributed by atoms with Gasteiger partial charge in [0.2, 0.25) is 5.91 Å². The van der Waals surface area contributed by atoms with Gasteiger partial charge in [0.15, 0.2) is 0 Å². The van der Waals surface area contributed by atoms with Crippen molar-refractivity contribution in [3.8, 4) is 0 Å². The first-order valence-corrected chi connectivity index (χ1v) is 8.45. The molecule has 1 saturated carbocycles. The lowest BCUT2D eigenvalue weighted by atomic mass is 9.84. The average molecular weight is 280 g/mol. The summed E-state index contributed by atoms with van der Waals surface area (Å²) in [5.74, 6) is 0.765. The Kier molecular flexibility index (Phi) is 4.61. The quantitative estimate of drug-likeness (QED) is 0.836. The van der Waals surface area contributed by atoms with Crippen molar-refractivity contribution in [2.24, 2.45) is 5.92 Å². The van der Waals surface area contributed by atoms with Crippen molar-refractivity contribution in [2.45, 2.75) is 63.5 Å². The van der Waals surface area contributed by atoms with Crippen molar-refractivity contribution in [1.82, 2.24) is 9.80 Å². The summed E-state index contributed by atoms with van der Waals surface area (Å²) >= 11 is 0. The van der Waals surface area contributed by atoms with Crippen LogP contribution in [0, 0.1) is 5.92 Å². The summed E-state index contributed by atoms with van der Waals surface area (Å²) in [6.45, 7) is 4.04. The molecule has 1 N–H and O–H groups in total. The fourth-order valence-corrected chi connectivity index (χ4v) is 3.83. The van der Waals surface area contributed by atoms with Crippen LogP contribution >= 0.6 is 0 Å². The first-order chi connectivity index (χ1) is 9.74. The second-order valence-corrected chi connectivity index (χ2v) is 6.80. The van der Waals surface area contributed by atoms with Crippen molar-refractivity contribution in [3.05, 3.63) is 0 Å². The summed E-state index contributed by atoms with van der Waals surface area (Å²) in [5.41, 5.74) is 0. The molecule has 1 aliphatic carbocycles. The van der Waals surface area contributed by atoms with Crippen LogP contribution in [0.15, 0.2) is 0 Å².